The number of hydrogen-bond acceptors (Lipinski definition) is 3. The molecule has 144 valence electrons. The van der Waals surface area contributed by atoms with Crippen molar-refractivity contribution in [1.29, 1.82) is 0 Å². The van der Waals surface area contributed by atoms with E-state index >= 15 is 0 Å². The van der Waals surface area contributed by atoms with Gasteiger partial charge in [0.05, 0.1) is 6.61 Å². The zero-order valence-corrected chi connectivity index (χ0v) is 16.1. The minimum absolute atomic E-state index is 0.531. The van der Waals surface area contributed by atoms with Crippen molar-refractivity contribution in [1.82, 2.24) is 15.5 Å². The van der Waals surface area contributed by atoms with Crippen LogP contribution in [0.25, 0.3) is 0 Å². The Hall–Kier alpha value is -1.75. The maximum atomic E-state index is 5.73. The van der Waals surface area contributed by atoms with E-state index in [2.05, 4.69) is 20.5 Å². The van der Waals surface area contributed by atoms with Crippen LogP contribution in [-0.4, -0.2) is 56.2 Å². The van der Waals surface area contributed by atoms with Crippen molar-refractivity contribution in [3.8, 4) is 5.75 Å². The topological polar surface area (TPSA) is 48.9 Å². The molecule has 1 aliphatic heterocycles. The normalized spacial score (nSPS) is 21.9. The van der Waals surface area contributed by atoms with E-state index in [1.54, 1.807) is 0 Å². The van der Waals surface area contributed by atoms with Crippen LogP contribution >= 0.6 is 0 Å². The maximum Gasteiger partial charge on any atom is 0.191 e. The molecule has 1 heterocycles. The highest BCUT2D eigenvalue weighted by Crippen LogP contribution is 2.26. The molecule has 1 aliphatic carbocycles. The molecule has 0 aromatic heterocycles. The second-order valence-electron chi connectivity index (χ2n) is 7.43. The predicted octanol–water partition coefficient (Wildman–Crippen LogP) is 3.03. The molecular formula is C21H34N4O. The fourth-order valence-electron chi connectivity index (χ4n) is 4.03. The number of likely N-dealkylation sites (tertiary alicyclic amines) is 1. The highest BCUT2D eigenvalue weighted by atomic mass is 16.5. The zero-order chi connectivity index (χ0) is 18.0. The van der Waals surface area contributed by atoms with E-state index in [4.69, 9.17) is 4.74 Å². The fourth-order valence-corrected chi connectivity index (χ4v) is 4.03. The molecule has 0 amide bonds. The van der Waals surface area contributed by atoms with Gasteiger partial charge in [0.15, 0.2) is 5.96 Å². The first kappa shape index (κ1) is 19.0. The molecule has 26 heavy (non-hydrogen) atoms. The van der Waals surface area contributed by atoms with Crippen LogP contribution in [0.15, 0.2) is 35.3 Å². The summed E-state index contributed by atoms with van der Waals surface area (Å²) in [4.78, 5) is 7.06. The van der Waals surface area contributed by atoms with Crippen molar-refractivity contribution in [2.45, 2.75) is 57.0 Å². The smallest absolute Gasteiger partial charge is 0.191 e. The van der Waals surface area contributed by atoms with E-state index in [1.807, 2.05) is 37.4 Å². The molecule has 5 heteroatoms. The Morgan fingerprint density at radius 3 is 2.73 bits per heavy atom. The summed E-state index contributed by atoms with van der Waals surface area (Å²) in [6.45, 7) is 4.08. The summed E-state index contributed by atoms with van der Waals surface area (Å²) >= 11 is 0. The Balaban J connectivity index is 1.26. The van der Waals surface area contributed by atoms with Gasteiger partial charge in [-0.1, -0.05) is 31.0 Å². The monoisotopic (exact) mass is 358 g/mol. The number of para-hydroxylation sites is 1. The predicted molar refractivity (Wildman–Crippen MR) is 108 cm³/mol. The molecule has 2 fully saturated rings. The van der Waals surface area contributed by atoms with Gasteiger partial charge >= 0.3 is 0 Å². The summed E-state index contributed by atoms with van der Waals surface area (Å²) in [7, 11) is 1.86. The van der Waals surface area contributed by atoms with Gasteiger partial charge in [0.1, 0.15) is 5.75 Å². The Morgan fingerprint density at radius 2 is 1.96 bits per heavy atom. The molecule has 3 rings (SSSR count). The van der Waals surface area contributed by atoms with Crippen molar-refractivity contribution in [3.05, 3.63) is 30.3 Å². The first-order valence-corrected chi connectivity index (χ1v) is 10.2. The molecule has 1 saturated carbocycles. The van der Waals surface area contributed by atoms with Crippen molar-refractivity contribution in [3.63, 3.8) is 0 Å². The highest BCUT2D eigenvalue weighted by Gasteiger charge is 2.30. The number of guanidine groups is 1. The largest absolute Gasteiger partial charge is 0.494 e. The van der Waals surface area contributed by atoms with Gasteiger partial charge in [0, 0.05) is 38.8 Å². The summed E-state index contributed by atoms with van der Waals surface area (Å²) in [6, 6.07) is 11.4. The lowest BCUT2D eigenvalue weighted by Crippen LogP contribution is -2.45. The average Bonchev–Trinajstić information content (AvgIpc) is 3.36. The van der Waals surface area contributed by atoms with Gasteiger partial charge in [-0.05, 0) is 44.2 Å². The summed E-state index contributed by atoms with van der Waals surface area (Å²) in [5.41, 5.74) is 0. The van der Waals surface area contributed by atoms with Crippen LogP contribution in [0.2, 0.25) is 0 Å². The summed E-state index contributed by atoms with van der Waals surface area (Å²) in [6.07, 6.45) is 8.95. The van der Waals surface area contributed by atoms with Gasteiger partial charge < -0.3 is 15.4 Å². The Bertz CT molecular complexity index is 542. The number of unbranched alkanes of at least 4 members (excludes halogenated alkanes) is 1. The zero-order valence-electron chi connectivity index (χ0n) is 16.1. The van der Waals surface area contributed by atoms with Gasteiger partial charge in [0.25, 0.3) is 0 Å². The van der Waals surface area contributed by atoms with Crippen LogP contribution in [-0.2, 0) is 0 Å². The first-order valence-electron chi connectivity index (χ1n) is 10.2. The van der Waals surface area contributed by atoms with Gasteiger partial charge in [-0.15, -0.1) is 0 Å². The standard InChI is InChI=1S/C21H34N4O/c1-22-21(23-14-7-8-16-26-20-11-3-2-4-12-20)24-18-13-15-25(17-18)19-9-5-6-10-19/h2-4,11-12,18-19H,5-10,13-17H2,1H3,(H2,22,23,24). The lowest BCUT2D eigenvalue weighted by Gasteiger charge is -2.24. The van der Waals surface area contributed by atoms with Crippen molar-refractivity contribution in [2.24, 2.45) is 4.99 Å². The number of hydrogen-bond donors (Lipinski definition) is 2. The summed E-state index contributed by atoms with van der Waals surface area (Å²) in [5, 5.41) is 7.05. The van der Waals surface area contributed by atoms with E-state index in [0.717, 1.165) is 50.3 Å². The average molecular weight is 359 g/mol. The third kappa shape index (κ3) is 5.90. The van der Waals surface area contributed by atoms with Crippen LogP contribution in [0.3, 0.4) is 0 Å². The Kier molecular flexibility index (Phi) is 7.62. The molecule has 1 saturated heterocycles. The molecule has 0 spiro atoms. The van der Waals surface area contributed by atoms with Crippen LogP contribution < -0.4 is 15.4 Å². The van der Waals surface area contributed by atoms with Gasteiger partial charge in [-0.3, -0.25) is 9.89 Å². The fraction of sp³-hybridized carbons (Fsp3) is 0.667. The minimum Gasteiger partial charge on any atom is -0.494 e. The number of aliphatic imine (C=N–C) groups is 1. The second-order valence-corrected chi connectivity index (χ2v) is 7.43. The highest BCUT2D eigenvalue weighted by molar-refractivity contribution is 5.79. The molecule has 1 aromatic carbocycles. The van der Waals surface area contributed by atoms with E-state index in [1.165, 1.54) is 38.6 Å². The summed E-state index contributed by atoms with van der Waals surface area (Å²) in [5.74, 6) is 1.89. The molecule has 2 aliphatic rings. The van der Waals surface area contributed by atoms with E-state index in [9.17, 15) is 0 Å². The Labute approximate surface area is 158 Å². The SMILES string of the molecule is CN=C(NCCCCOc1ccccc1)NC1CCN(C2CCCC2)C1. The van der Waals surface area contributed by atoms with Gasteiger partial charge in [-0.2, -0.15) is 0 Å². The number of rotatable bonds is 8. The second kappa shape index (κ2) is 10.4. The molecule has 1 aromatic rings. The van der Waals surface area contributed by atoms with Crippen LogP contribution in [0.4, 0.5) is 0 Å². The number of nitrogens with one attached hydrogen (secondary N) is 2. The van der Waals surface area contributed by atoms with Crippen molar-refractivity contribution < 1.29 is 4.74 Å². The number of ether oxygens (including phenoxy) is 1. The molecular weight excluding hydrogens is 324 g/mol. The maximum absolute atomic E-state index is 5.73. The van der Waals surface area contributed by atoms with Crippen LogP contribution in [0, 0.1) is 0 Å². The number of nitrogens with zero attached hydrogens (tertiary/aromatic N) is 2. The lowest BCUT2D eigenvalue weighted by atomic mass is 10.2. The minimum atomic E-state index is 0.531. The number of benzene rings is 1. The van der Waals surface area contributed by atoms with Crippen LogP contribution in [0.1, 0.15) is 44.9 Å². The first-order chi connectivity index (χ1) is 12.8. The van der Waals surface area contributed by atoms with Gasteiger partial charge in [0.2, 0.25) is 0 Å². The molecule has 1 atom stereocenters. The third-order valence-corrected chi connectivity index (χ3v) is 5.50. The molecule has 5 nitrogen and oxygen atoms in total. The third-order valence-electron chi connectivity index (χ3n) is 5.50. The molecule has 2 N–H and O–H groups in total. The van der Waals surface area contributed by atoms with Crippen molar-refractivity contribution in [2.75, 3.05) is 33.3 Å². The molecule has 1 unspecified atom stereocenters. The van der Waals surface area contributed by atoms with E-state index < -0.39 is 0 Å². The van der Waals surface area contributed by atoms with Crippen molar-refractivity contribution >= 4 is 5.96 Å². The molecule has 0 bridgehead atoms. The van der Waals surface area contributed by atoms with E-state index in [-0.39, 0.29) is 0 Å². The van der Waals surface area contributed by atoms with Gasteiger partial charge in [-0.25, -0.2) is 0 Å². The Morgan fingerprint density at radius 1 is 1.15 bits per heavy atom. The summed E-state index contributed by atoms with van der Waals surface area (Å²) < 4.78 is 5.73. The molecule has 0 radical (unpaired) electrons. The van der Waals surface area contributed by atoms with E-state index in [0.29, 0.717) is 6.04 Å². The quantitative estimate of drug-likeness (QED) is 0.426. The van der Waals surface area contributed by atoms with Crippen LogP contribution in [0.5, 0.6) is 5.75 Å². The lowest BCUT2D eigenvalue weighted by molar-refractivity contribution is 0.242.